The lowest BCUT2D eigenvalue weighted by Crippen LogP contribution is -2.15. The summed E-state index contributed by atoms with van der Waals surface area (Å²) in [6, 6.07) is 5.58. The number of rotatable bonds is 3. The molecule has 0 aliphatic heterocycles. The minimum Gasteiger partial charge on any atom is -0.329 e. The number of fused-ring (bicyclic) bond motifs is 2. The van der Waals surface area contributed by atoms with Gasteiger partial charge < -0.3 is 10.3 Å². The number of amides is 1. The van der Waals surface area contributed by atoms with Gasteiger partial charge in [-0.15, -0.1) is 0 Å². The summed E-state index contributed by atoms with van der Waals surface area (Å²) in [6.07, 6.45) is 4.24. The lowest BCUT2D eigenvalue weighted by atomic mass is 9.99. The van der Waals surface area contributed by atoms with Crippen molar-refractivity contribution in [2.45, 2.75) is 19.5 Å². The first-order chi connectivity index (χ1) is 13.5. The van der Waals surface area contributed by atoms with Crippen molar-refractivity contribution >= 4 is 45.3 Å². The fraction of sp³-hybridized carbons (Fsp3) is 0.200. The van der Waals surface area contributed by atoms with Crippen molar-refractivity contribution in [3.8, 4) is 11.1 Å². The smallest absolute Gasteiger partial charge is 0.231 e. The molecule has 8 heteroatoms. The molecule has 140 valence electrons. The fourth-order valence-corrected chi connectivity index (χ4v) is 3.67. The van der Waals surface area contributed by atoms with Gasteiger partial charge >= 0.3 is 0 Å². The summed E-state index contributed by atoms with van der Waals surface area (Å²) in [4.78, 5) is 28.0. The van der Waals surface area contributed by atoms with Gasteiger partial charge in [0.15, 0.2) is 5.65 Å². The molecule has 1 aliphatic rings. The van der Waals surface area contributed by atoms with Crippen LogP contribution in [0.15, 0.2) is 36.9 Å². The zero-order valence-electron chi connectivity index (χ0n) is 14.8. The molecule has 4 aromatic rings. The Labute approximate surface area is 164 Å². The Hall–Kier alpha value is -3.06. The molecule has 1 saturated carbocycles. The second kappa shape index (κ2) is 6.24. The monoisotopic (exact) mass is 395 g/mol. The zero-order chi connectivity index (χ0) is 19.4. The van der Waals surface area contributed by atoms with Crippen molar-refractivity contribution in [3.05, 3.63) is 47.5 Å². The number of H-pyrrole nitrogens is 1. The van der Waals surface area contributed by atoms with Crippen LogP contribution < -0.4 is 5.32 Å². The number of hydrogen-bond donors (Lipinski definition) is 2. The molecular weight excluding hydrogens is 381 g/mol. The van der Waals surface area contributed by atoms with Gasteiger partial charge in [-0.2, -0.15) is 0 Å². The Bertz CT molecular complexity index is 1250. The highest BCUT2D eigenvalue weighted by atomic mass is 35.5. The van der Waals surface area contributed by atoms with Crippen molar-refractivity contribution in [1.29, 1.82) is 0 Å². The van der Waals surface area contributed by atoms with Gasteiger partial charge in [-0.05, 0) is 48.1 Å². The van der Waals surface area contributed by atoms with E-state index in [2.05, 4.69) is 25.3 Å². The summed E-state index contributed by atoms with van der Waals surface area (Å²) in [6.45, 7) is 1.99. The van der Waals surface area contributed by atoms with Crippen LogP contribution in [-0.2, 0) is 4.79 Å². The van der Waals surface area contributed by atoms with E-state index in [1.54, 1.807) is 24.8 Å². The summed E-state index contributed by atoms with van der Waals surface area (Å²) in [5.74, 6) is -0.533. The van der Waals surface area contributed by atoms with Crippen LogP contribution in [-0.4, -0.2) is 32.0 Å². The Kier molecular flexibility index (Phi) is 3.80. The summed E-state index contributed by atoms with van der Waals surface area (Å²) in [5.41, 5.74) is 4.34. The van der Waals surface area contributed by atoms with Gasteiger partial charge in [0, 0.05) is 23.3 Å². The van der Waals surface area contributed by atoms with E-state index in [4.69, 9.17) is 11.6 Å². The minimum atomic E-state index is -1.05. The van der Waals surface area contributed by atoms with Crippen molar-refractivity contribution in [2.24, 2.45) is 5.92 Å². The molecule has 1 aromatic carbocycles. The van der Waals surface area contributed by atoms with E-state index >= 15 is 0 Å². The van der Waals surface area contributed by atoms with E-state index in [0.717, 1.165) is 38.6 Å². The number of imidazole rings is 1. The van der Waals surface area contributed by atoms with Gasteiger partial charge in [-0.1, -0.05) is 11.6 Å². The Balaban J connectivity index is 1.57. The number of pyridine rings is 2. The van der Waals surface area contributed by atoms with Crippen LogP contribution in [0.1, 0.15) is 12.0 Å². The highest BCUT2D eigenvalue weighted by Crippen LogP contribution is 2.36. The topological polar surface area (TPSA) is 83.6 Å². The highest BCUT2D eigenvalue weighted by Gasteiger charge is 2.43. The van der Waals surface area contributed by atoms with E-state index in [1.165, 1.54) is 0 Å². The maximum absolute atomic E-state index is 13.1. The van der Waals surface area contributed by atoms with E-state index in [9.17, 15) is 9.18 Å². The maximum atomic E-state index is 13.1. The molecule has 2 unspecified atom stereocenters. The van der Waals surface area contributed by atoms with E-state index < -0.39 is 12.1 Å². The van der Waals surface area contributed by atoms with Gasteiger partial charge in [0.05, 0.1) is 17.3 Å². The van der Waals surface area contributed by atoms with Crippen LogP contribution >= 0.6 is 11.6 Å². The molecule has 1 aliphatic carbocycles. The van der Waals surface area contributed by atoms with Crippen molar-refractivity contribution < 1.29 is 9.18 Å². The third-order valence-corrected chi connectivity index (χ3v) is 5.41. The molecule has 3 aromatic heterocycles. The summed E-state index contributed by atoms with van der Waals surface area (Å²) in [7, 11) is 0. The molecule has 0 radical (unpaired) electrons. The van der Waals surface area contributed by atoms with E-state index in [-0.39, 0.29) is 12.3 Å². The predicted molar refractivity (Wildman–Crippen MR) is 106 cm³/mol. The third kappa shape index (κ3) is 2.79. The lowest BCUT2D eigenvalue weighted by Gasteiger charge is -2.10. The molecule has 1 amide bonds. The molecule has 5 rings (SSSR count). The van der Waals surface area contributed by atoms with Gasteiger partial charge in [0.2, 0.25) is 5.91 Å². The third-order valence-electron chi connectivity index (χ3n) is 5.10. The van der Waals surface area contributed by atoms with Crippen LogP contribution in [0.3, 0.4) is 0 Å². The summed E-state index contributed by atoms with van der Waals surface area (Å²) >= 11 is 6.48. The fourth-order valence-electron chi connectivity index (χ4n) is 3.40. The number of aromatic nitrogens is 4. The normalized spacial score (nSPS) is 18.5. The van der Waals surface area contributed by atoms with Crippen LogP contribution in [0.25, 0.3) is 33.1 Å². The highest BCUT2D eigenvalue weighted by molar-refractivity contribution is 6.36. The van der Waals surface area contributed by atoms with Gasteiger partial charge in [0.25, 0.3) is 0 Å². The van der Waals surface area contributed by atoms with Crippen LogP contribution in [0, 0.1) is 12.8 Å². The second-order valence-corrected chi connectivity index (χ2v) is 7.40. The van der Waals surface area contributed by atoms with Crippen molar-refractivity contribution in [1.82, 2.24) is 19.9 Å². The SMILES string of the molecule is Cc1c(-c2cc(Cl)c3cnc(NC(=O)C4CC4F)cc3c2)cnc2[nH]cnc12. The number of aromatic amines is 1. The van der Waals surface area contributed by atoms with Crippen LogP contribution in [0.2, 0.25) is 5.02 Å². The molecule has 28 heavy (non-hydrogen) atoms. The van der Waals surface area contributed by atoms with Gasteiger partial charge in [-0.25, -0.2) is 19.3 Å². The molecule has 0 bridgehead atoms. The average molecular weight is 396 g/mol. The largest absolute Gasteiger partial charge is 0.329 e. The molecule has 6 nitrogen and oxygen atoms in total. The minimum absolute atomic E-state index is 0.275. The first-order valence-electron chi connectivity index (χ1n) is 8.84. The molecular formula is C20H15ClFN5O. The molecule has 2 N–H and O–H groups in total. The van der Waals surface area contributed by atoms with Crippen LogP contribution in [0.5, 0.6) is 0 Å². The first-order valence-corrected chi connectivity index (χ1v) is 9.22. The Morgan fingerprint density at radius 1 is 1.25 bits per heavy atom. The second-order valence-electron chi connectivity index (χ2n) is 6.99. The number of carbonyl (C=O) groups excluding carboxylic acids is 1. The van der Waals surface area contributed by atoms with Crippen molar-refractivity contribution in [2.75, 3.05) is 5.32 Å². The number of nitrogens with zero attached hydrogens (tertiary/aromatic N) is 3. The lowest BCUT2D eigenvalue weighted by molar-refractivity contribution is -0.117. The summed E-state index contributed by atoms with van der Waals surface area (Å²) < 4.78 is 13.1. The Morgan fingerprint density at radius 2 is 2.07 bits per heavy atom. The number of halogens is 2. The number of nitrogens with one attached hydrogen (secondary N) is 2. The maximum Gasteiger partial charge on any atom is 0.231 e. The van der Waals surface area contributed by atoms with E-state index in [0.29, 0.717) is 10.8 Å². The van der Waals surface area contributed by atoms with Gasteiger partial charge in [0.1, 0.15) is 17.5 Å². The molecule has 0 saturated heterocycles. The average Bonchev–Trinajstić information content (AvgIpc) is 3.21. The molecule has 1 fully saturated rings. The quantitative estimate of drug-likeness (QED) is 0.537. The summed E-state index contributed by atoms with van der Waals surface area (Å²) in [5, 5.41) is 4.81. The van der Waals surface area contributed by atoms with Gasteiger partial charge in [-0.3, -0.25) is 4.79 Å². The number of anilines is 1. The first kappa shape index (κ1) is 17.1. The zero-order valence-corrected chi connectivity index (χ0v) is 15.6. The number of hydrogen-bond acceptors (Lipinski definition) is 4. The molecule has 2 atom stereocenters. The number of aryl methyl sites for hydroxylation is 1. The standard InChI is InChI=1S/C20H15ClFN5O/c1-9-13(6-24-19-18(9)25-8-26-19)10-2-11-4-17(23-7-14(11)15(21)3-10)27-20(28)12-5-16(12)22/h2-4,6-8,12,16H,5H2,1H3,(H,23,27,28)(H,24,25,26). The van der Waals surface area contributed by atoms with Crippen LogP contribution in [0.4, 0.5) is 10.2 Å². The van der Waals surface area contributed by atoms with E-state index in [1.807, 2.05) is 19.1 Å². The van der Waals surface area contributed by atoms with Crippen molar-refractivity contribution in [3.63, 3.8) is 0 Å². The number of benzene rings is 1. The number of carbonyl (C=O) groups is 1. The predicted octanol–water partition coefficient (Wildman–Crippen LogP) is 4.43. The Morgan fingerprint density at radius 3 is 2.86 bits per heavy atom. The molecule has 0 spiro atoms. The molecule has 3 heterocycles. The number of alkyl halides is 1.